The van der Waals surface area contributed by atoms with Gasteiger partial charge in [-0.1, -0.05) is 35.1 Å². The minimum Gasteiger partial charge on any atom is -0.346 e. The van der Waals surface area contributed by atoms with E-state index in [1.165, 1.54) is 18.2 Å². The van der Waals surface area contributed by atoms with Crippen molar-refractivity contribution in [2.45, 2.75) is 0 Å². The van der Waals surface area contributed by atoms with Crippen LogP contribution < -0.4 is 10.2 Å². The van der Waals surface area contributed by atoms with Gasteiger partial charge in [0.1, 0.15) is 5.82 Å². The van der Waals surface area contributed by atoms with E-state index in [9.17, 15) is 9.18 Å². The first-order valence-corrected chi connectivity index (χ1v) is 8.66. The van der Waals surface area contributed by atoms with Gasteiger partial charge in [-0.25, -0.2) is 9.37 Å². The molecule has 122 valence electrons. The number of hydrogen-bond acceptors (Lipinski definition) is 4. The summed E-state index contributed by atoms with van der Waals surface area (Å²) >= 11 is 7.35. The quantitative estimate of drug-likeness (QED) is 0.761. The first-order chi connectivity index (χ1) is 11.6. The SMILES string of the molecule is O=C(Nc1ccc(F)c(Cl)c1)C1CN(c2nc3ccccc3s2)C1. The molecule has 24 heavy (non-hydrogen) atoms. The summed E-state index contributed by atoms with van der Waals surface area (Å²) in [7, 11) is 0. The monoisotopic (exact) mass is 361 g/mol. The average Bonchev–Trinajstić information content (AvgIpc) is 2.93. The van der Waals surface area contributed by atoms with Crippen molar-refractivity contribution in [3.63, 3.8) is 0 Å². The topological polar surface area (TPSA) is 45.2 Å². The van der Waals surface area contributed by atoms with Crippen LogP contribution in [0.1, 0.15) is 0 Å². The van der Waals surface area contributed by atoms with E-state index in [1.807, 2.05) is 24.3 Å². The fourth-order valence-corrected chi connectivity index (χ4v) is 3.78. The molecule has 1 aliphatic rings. The number of hydrogen-bond donors (Lipinski definition) is 1. The van der Waals surface area contributed by atoms with Crippen molar-refractivity contribution in [1.82, 2.24) is 4.98 Å². The molecule has 1 aromatic heterocycles. The molecule has 1 aliphatic heterocycles. The first-order valence-electron chi connectivity index (χ1n) is 7.46. The van der Waals surface area contributed by atoms with Crippen molar-refractivity contribution in [1.29, 1.82) is 0 Å². The molecule has 0 bridgehead atoms. The predicted molar refractivity (Wildman–Crippen MR) is 95.4 cm³/mol. The summed E-state index contributed by atoms with van der Waals surface area (Å²) < 4.78 is 14.3. The predicted octanol–water partition coefficient (Wildman–Crippen LogP) is 4.16. The van der Waals surface area contributed by atoms with Crippen LogP contribution in [0.15, 0.2) is 42.5 Å². The van der Waals surface area contributed by atoms with E-state index in [0.717, 1.165) is 15.3 Å². The van der Waals surface area contributed by atoms with Gasteiger partial charge in [0.15, 0.2) is 5.13 Å². The fourth-order valence-electron chi connectivity index (χ4n) is 2.61. The Morgan fingerprint density at radius 2 is 2.08 bits per heavy atom. The number of fused-ring (bicyclic) bond motifs is 1. The molecule has 4 nitrogen and oxygen atoms in total. The molecule has 1 saturated heterocycles. The minimum atomic E-state index is -0.500. The second kappa shape index (κ2) is 6.03. The van der Waals surface area contributed by atoms with Gasteiger partial charge >= 0.3 is 0 Å². The van der Waals surface area contributed by atoms with Crippen molar-refractivity contribution in [2.75, 3.05) is 23.3 Å². The number of rotatable bonds is 3. The maximum atomic E-state index is 13.1. The number of amides is 1. The molecule has 1 fully saturated rings. The number of thiazole rings is 1. The van der Waals surface area contributed by atoms with Gasteiger partial charge in [0, 0.05) is 18.8 Å². The van der Waals surface area contributed by atoms with Crippen LogP contribution in [0.4, 0.5) is 15.2 Å². The Bertz CT molecular complexity index is 890. The molecule has 2 heterocycles. The number of halogens is 2. The number of nitrogens with one attached hydrogen (secondary N) is 1. The lowest BCUT2D eigenvalue weighted by Gasteiger charge is -2.37. The Morgan fingerprint density at radius 3 is 2.83 bits per heavy atom. The molecule has 2 aromatic carbocycles. The summed E-state index contributed by atoms with van der Waals surface area (Å²) in [5.74, 6) is -0.698. The molecule has 3 aromatic rings. The normalized spacial score (nSPS) is 14.7. The third-order valence-electron chi connectivity index (χ3n) is 3.99. The van der Waals surface area contributed by atoms with Gasteiger partial charge in [-0.3, -0.25) is 4.79 Å². The van der Waals surface area contributed by atoms with Crippen LogP contribution >= 0.6 is 22.9 Å². The summed E-state index contributed by atoms with van der Waals surface area (Å²) in [6, 6.07) is 12.1. The second-order valence-corrected chi connectivity index (χ2v) is 7.10. The molecule has 1 N–H and O–H groups in total. The van der Waals surface area contributed by atoms with Gasteiger partial charge in [-0.15, -0.1) is 0 Å². The van der Waals surface area contributed by atoms with Gasteiger partial charge in [0.05, 0.1) is 21.2 Å². The molecule has 4 rings (SSSR count). The lowest BCUT2D eigenvalue weighted by molar-refractivity contribution is -0.120. The molecular formula is C17H13ClFN3OS. The van der Waals surface area contributed by atoms with Gasteiger partial charge in [-0.05, 0) is 30.3 Å². The zero-order valence-corrected chi connectivity index (χ0v) is 14.1. The van der Waals surface area contributed by atoms with Gasteiger partial charge < -0.3 is 10.2 Å². The highest BCUT2D eigenvalue weighted by molar-refractivity contribution is 7.22. The average molecular weight is 362 g/mol. The van der Waals surface area contributed by atoms with Crippen LogP contribution in [0.25, 0.3) is 10.2 Å². The van der Waals surface area contributed by atoms with Crippen LogP contribution in [0.5, 0.6) is 0 Å². The Kier molecular flexibility index (Phi) is 3.86. The van der Waals surface area contributed by atoms with Crippen LogP contribution in [0.2, 0.25) is 5.02 Å². The summed E-state index contributed by atoms with van der Waals surface area (Å²) in [6.45, 7) is 1.25. The highest BCUT2D eigenvalue weighted by atomic mass is 35.5. The number of carbonyl (C=O) groups excluding carboxylic acids is 1. The van der Waals surface area contributed by atoms with Crippen LogP contribution in [-0.4, -0.2) is 24.0 Å². The summed E-state index contributed by atoms with van der Waals surface area (Å²) in [4.78, 5) is 18.9. The lowest BCUT2D eigenvalue weighted by Crippen LogP contribution is -2.52. The summed E-state index contributed by atoms with van der Waals surface area (Å²) in [5, 5.41) is 3.71. The van der Waals surface area contributed by atoms with Crippen molar-refractivity contribution in [3.05, 3.63) is 53.3 Å². The lowest BCUT2D eigenvalue weighted by atomic mass is 10.00. The number of aromatic nitrogens is 1. The van der Waals surface area contributed by atoms with Crippen LogP contribution in [0, 0.1) is 11.7 Å². The van der Waals surface area contributed by atoms with E-state index >= 15 is 0 Å². The maximum Gasteiger partial charge on any atom is 0.231 e. The molecule has 7 heteroatoms. The third-order valence-corrected chi connectivity index (χ3v) is 5.38. The molecule has 0 aliphatic carbocycles. The zero-order chi connectivity index (χ0) is 16.7. The molecule has 0 saturated carbocycles. The molecule has 0 spiro atoms. The summed E-state index contributed by atoms with van der Waals surface area (Å²) in [5.41, 5.74) is 1.48. The van der Waals surface area contributed by atoms with Crippen molar-refractivity contribution >= 4 is 49.9 Å². The van der Waals surface area contributed by atoms with Crippen molar-refractivity contribution in [2.24, 2.45) is 5.92 Å². The fraction of sp³-hybridized carbons (Fsp3) is 0.176. The first kappa shape index (κ1) is 15.4. The highest BCUT2D eigenvalue weighted by Gasteiger charge is 2.34. The van der Waals surface area contributed by atoms with Gasteiger partial charge in [-0.2, -0.15) is 0 Å². The number of nitrogens with zero attached hydrogens (tertiary/aromatic N) is 2. The van der Waals surface area contributed by atoms with E-state index in [1.54, 1.807) is 11.3 Å². The van der Waals surface area contributed by atoms with E-state index in [0.29, 0.717) is 18.8 Å². The molecule has 1 amide bonds. The Hall–Kier alpha value is -2.18. The second-order valence-electron chi connectivity index (χ2n) is 5.68. The third kappa shape index (κ3) is 2.83. The van der Waals surface area contributed by atoms with Crippen molar-refractivity contribution < 1.29 is 9.18 Å². The summed E-state index contributed by atoms with van der Waals surface area (Å²) in [6.07, 6.45) is 0. The number of benzene rings is 2. The van der Waals surface area contributed by atoms with Crippen molar-refractivity contribution in [3.8, 4) is 0 Å². The number of carbonyl (C=O) groups is 1. The number of anilines is 2. The largest absolute Gasteiger partial charge is 0.346 e. The van der Waals surface area contributed by atoms with E-state index in [2.05, 4.69) is 15.2 Å². The van der Waals surface area contributed by atoms with Crippen LogP contribution in [0.3, 0.4) is 0 Å². The Morgan fingerprint density at radius 1 is 1.29 bits per heavy atom. The molecule has 0 radical (unpaired) electrons. The van der Waals surface area contributed by atoms with Gasteiger partial charge in [0.2, 0.25) is 5.91 Å². The van der Waals surface area contributed by atoms with E-state index in [4.69, 9.17) is 11.6 Å². The van der Waals surface area contributed by atoms with Crippen LogP contribution in [-0.2, 0) is 4.79 Å². The Balaban J connectivity index is 1.39. The van der Waals surface area contributed by atoms with E-state index in [-0.39, 0.29) is 16.8 Å². The molecular weight excluding hydrogens is 349 g/mol. The van der Waals surface area contributed by atoms with Gasteiger partial charge in [0.25, 0.3) is 0 Å². The molecule has 0 atom stereocenters. The highest BCUT2D eigenvalue weighted by Crippen LogP contribution is 2.33. The standard InChI is InChI=1S/C17H13ClFN3OS/c18-12-7-11(5-6-13(12)19)20-16(23)10-8-22(9-10)17-21-14-3-1-2-4-15(14)24-17/h1-7,10H,8-9H2,(H,20,23). The Labute approximate surface area is 146 Å². The zero-order valence-electron chi connectivity index (χ0n) is 12.5. The molecule has 0 unspecified atom stereocenters. The minimum absolute atomic E-state index is 0.00230. The number of para-hydroxylation sites is 1. The van der Waals surface area contributed by atoms with E-state index < -0.39 is 5.82 Å². The smallest absolute Gasteiger partial charge is 0.231 e. The maximum absolute atomic E-state index is 13.1.